The van der Waals surface area contributed by atoms with Crippen LogP contribution in [0.2, 0.25) is 0 Å². The molecule has 3 rings (SSSR count). The van der Waals surface area contributed by atoms with E-state index < -0.39 is 0 Å². The maximum absolute atomic E-state index is 10.2. The van der Waals surface area contributed by atoms with E-state index in [0.717, 1.165) is 36.8 Å². The Balaban J connectivity index is 2.11. The topological polar surface area (TPSA) is 46.2 Å². The molecule has 0 radical (unpaired) electrons. The molecule has 2 aliphatic carbocycles. The number of aryl methyl sites for hydroxylation is 1. The number of nitrogens with two attached hydrogens (primary N) is 1. The molecule has 1 saturated carbocycles. The summed E-state index contributed by atoms with van der Waals surface area (Å²) in [6.07, 6.45) is 6.60. The zero-order valence-electron chi connectivity index (χ0n) is 8.92. The van der Waals surface area contributed by atoms with Gasteiger partial charge in [0.25, 0.3) is 0 Å². The highest BCUT2D eigenvalue weighted by molar-refractivity contribution is 5.51. The number of hydrogen-bond acceptors (Lipinski definition) is 2. The van der Waals surface area contributed by atoms with Crippen LogP contribution in [0.4, 0.5) is 0 Å². The van der Waals surface area contributed by atoms with Crippen molar-refractivity contribution in [3.8, 4) is 5.75 Å². The van der Waals surface area contributed by atoms with Crippen LogP contribution in [0.5, 0.6) is 5.75 Å². The van der Waals surface area contributed by atoms with Gasteiger partial charge >= 0.3 is 0 Å². The van der Waals surface area contributed by atoms with Crippen molar-refractivity contribution < 1.29 is 5.11 Å². The van der Waals surface area contributed by atoms with Crippen molar-refractivity contribution in [2.45, 2.75) is 44.1 Å². The van der Waals surface area contributed by atoms with Gasteiger partial charge in [0.1, 0.15) is 5.75 Å². The lowest BCUT2D eigenvalue weighted by Crippen LogP contribution is -2.20. The van der Waals surface area contributed by atoms with Gasteiger partial charge in [0.2, 0.25) is 0 Å². The van der Waals surface area contributed by atoms with E-state index in [1.165, 1.54) is 18.4 Å². The molecule has 0 spiro atoms. The summed E-state index contributed by atoms with van der Waals surface area (Å²) < 4.78 is 0. The van der Waals surface area contributed by atoms with Gasteiger partial charge in [-0.15, -0.1) is 0 Å². The fraction of sp³-hybridized carbons (Fsp3) is 0.538. The van der Waals surface area contributed by atoms with E-state index in [9.17, 15) is 5.11 Å². The highest BCUT2D eigenvalue weighted by Crippen LogP contribution is 2.48. The van der Waals surface area contributed by atoms with Crippen LogP contribution in [0.3, 0.4) is 0 Å². The monoisotopic (exact) mass is 203 g/mol. The van der Waals surface area contributed by atoms with Gasteiger partial charge in [-0.3, -0.25) is 0 Å². The van der Waals surface area contributed by atoms with Gasteiger partial charge in [0.15, 0.2) is 0 Å². The van der Waals surface area contributed by atoms with Crippen LogP contribution in [0.1, 0.15) is 42.4 Å². The van der Waals surface area contributed by atoms with Crippen LogP contribution in [0.25, 0.3) is 0 Å². The van der Waals surface area contributed by atoms with Gasteiger partial charge in [-0.25, -0.2) is 0 Å². The van der Waals surface area contributed by atoms with Crippen molar-refractivity contribution in [2.24, 2.45) is 5.73 Å². The van der Waals surface area contributed by atoms with Gasteiger partial charge in [0.05, 0.1) is 0 Å². The van der Waals surface area contributed by atoms with Crippen molar-refractivity contribution in [1.29, 1.82) is 0 Å². The van der Waals surface area contributed by atoms with Crippen LogP contribution in [0, 0.1) is 0 Å². The lowest BCUT2D eigenvalue weighted by Gasteiger charge is -2.21. The molecule has 3 N–H and O–H groups in total. The van der Waals surface area contributed by atoms with Gasteiger partial charge in [0, 0.05) is 11.1 Å². The second-order valence-electron chi connectivity index (χ2n) is 4.96. The Morgan fingerprint density at radius 1 is 1.13 bits per heavy atom. The van der Waals surface area contributed by atoms with Crippen LogP contribution in [-0.2, 0) is 18.4 Å². The van der Waals surface area contributed by atoms with E-state index in [2.05, 4.69) is 6.07 Å². The highest BCUT2D eigenvalue weighted by Gasteiger charge is 2.42. The Morgan fingerprint density at radius 3 is 2.60 bits per heavy atom. The van der Waals surface area contributed by atoms with E-state index in [4.69, 9.17) is 5.73 Å². The van der Waals surface area contributed by atoms with Gasteiger partial charge in [-0.05, 0) is 49.7 Å². The minimum absolute atomic E-state index is 0.212. The summed E-state index contributed by atoms with van der Waals surface area (Å²) in [5.74, 6) is 0.493. The van der Waals surface area contributed by atoms with Gasteiger partial charge in [-0.1, -0.05) is 12.1 Å². The minimum atomic E-state index is -0.212. The Labute approximate surface area is 90.1 Å². The highest BCUT2D eigenvalue weighted by atomic mass is 16.3. The average Bonchev–Trinajstić information content (AvgIpc) is 2.98. The van der Waals surface area contributed by atoms with Crippen LogP contribution in [0.15, 0.2) is 12.1 Å². The summed E-state index contributed by atoms with van der Waals surface area (Å²) in [5, 5.41) is 10.2. The Kier molecular flexibility index (Phi) is 1.84. The molecular weight excluding hydrogens is 186 g/mol. The van der Waals surface area contributed by atoms with Crippen molar-refractivity contribution in [3.63, 3.8) is 0 Å². The van der Waals surface area contributed by atoms with Crippen LogP contribution >= 0.6 is 0 Å². The smallest absolute Gasteiger partial charge is 0.124 e. The molecule has 0 heterocycles. The summed E-state index contributed by atoms with van der Waals surface area (Å²) in [6.45, 7) is 0. The first-order valence-corrected chi connectivity index (χ1v) is 5.84. The lowest BCUT2D eigenvalue weighted by atomic mass is 9.87. The number of phenols is 1. The van der Waals surface area contributed by atoms with Gasteiger partial charge < -0.3 is 10.8 Å². The zero-order valence-corrected chi connectivity index (χ0v) is 8.92. The molecule has 0 aromatic heterocycles. The molecule has 0 atom stereocenters. The molecule has 0 aliphatic heterocycles. The van der Waals surface area contributed by atoms with E-state index in [-0.39, 0.29) is 5.54 Å². The van der Waals surface area contributed by atoms with Crippen LogP contribution < -0.4 is 5.73 Å². The Morgan fingerprint density at radius 2 is 1.87 bits per heavy atom. The summed E-state index contributed by atoms with van der Waals surface area (Å²) >= 11 is 0. The largest absolute Gasteiger partial charge is 0.507 e. The third-order valence-electron chi connectivity index (χ3n) is 3.83. The summed E-state index contributed by atoms with van der Waals surface area (Å²) in [6, 6.07) is 4.20. The average molecular weight is 203 g/mol. The summed E-state index contributed by atoms with van der Waals surface area (Å²) in [4.78, 5) is 0. The second-order valence-corrected chi connectivity index (χ2v) is 4.96. The first kappa shape index (κ1) is 9.22. The molecule has 0 bridgehead atoms. The summed E-state index contributed by atoms with van der Waals surface area (Å²) in [5.41, 5.74) is 9.39. The predicted molar refractivity (Wildman–Crippen MR) is 59.8 cm³/mol. The molecule has 2 heteroatoms. The Hall–Kier alpha value is -1.02. The maximum Gasteiger partial charge on any atom is 0.124 e. The second kappa shape index (κ2) is 2.99. The zero-order chi connectivity index (χ0) is 10.5. The van der Waals surface area contributed by atoms with E-state index >= 15 is 0 Å². The number of phenolic OH excluding ortho intramolecular Hbond substituents is 1. The number of benzene rings is 1. The number of aromatic hydroxyl groups is 1. The SMILES string of the molecule is NC1(c2ccc3c(c2O)CCCC3)CC1. The molecule has 1 fully saturated rings. The quantitative estimate of drug-likeness (QED) is 0.735. The van der Waals surface area contributed by atoms with E-state index in [0.29, 0.717) is 5.75 Å². The molecule has 0 amide bonds. The van der Waals surface area contributed by atoms with E-state index in [1.807, 2.05) is 6.07 Å². The maximum atomic E-state index is 10.2. The predicted octanol–water partition coefficient (Wildman–Crippen LogP) is 2.22. The van der Waals surface area contributed by atoms with Crippen molar-refractivity contribution in [3.05, 3.63) is 28.8 Å². The summed E-state index contributed by atoms with van der Waals surface area (Å²) in [7, 11) is 0. The van der Waals surface area contributed by atoms with Gasteiger partial charge in [-0.2, -0.15) is 0 Å². The lowest BCUT2D eigenvalue weighted by molar-refractivity contribution is 0.447. The molecule has 1 aromatic rings. The van der Waals surface area contributed by atoms with Crippen molar-refractivity contribution in [2.75, 3.05) is 0 Å². The molecule has 2 nitrogen and oxygen atoms in total. The first-order chi connectivity index (χ1) is 7.21. The molecule has 2 aliphatic rings. The third-order valence-corrected chi connectivity index (χ3v) is 3.83. The number of fused-ring (bicyclic) bond motifs is 1. The van der Waals surface area contributed by atoms with Crippen molar-refractivity contribution in [1.82, 2.24) is 0 Å². The normalized spacial score (nSPS) is 22.2. The fourth-order valence-electron chi connectivity index (χ4n) is 2.61. The van der Waals surface area contributed by atoms with Crippen LogP contribution in [-0.4, -0.2) is 5.11 Å². The van der Waals surface area contributed by atoms with Crippen molar-refractivity contribution >= 4 is 0 Å². The molecule has 15 heavy (non-hydrogen) atoms. The Bertz CT molecular complexity index is 407. The minimum Gasteiger partial charge on any atom is -0.507 e. The molecular formula is C13H17NO. The number of rotatable bonds is 1. The fourth-order valence-corrected chi connectivity index (χ4v) is 2.61. The standard InChI is InChI=1S/C13H17NO/c14-13(7-8-13)11-6-5-9-3-1-2-4-10(9)12(11)15/h5-6,15H,1-4,7-8,14H2. The molecule has 1 aromatic carbocycles. The molecule has 0 saturated heterocycles. The third kappa shape index (κ3) is 1.36. The molecule has 0 unspecified atom stereocenters. The first-order valence-electron chi connectivity index (χ1n) is 5.84. The number of hydrogen-bond donors (Lipinski definition) is 2. The molecule has 80 valence electrons. The van der Waals surface area contributed by atoms with E-state index in [1.54, 1.807) is 0 Å².